The molecule has 0 unspecified atom stereocenters. The number of nitrogens with zero attached hydrogens (tertiary/aromatic N) is 3. The highest BCUT2D eigenvalue weighted by molar-refractivity contribution is 7.10. The molecule has 0 spiro atoms. The van der Waals surface area contributed by atoms with Gasteiger partial charge in [-0.2, -0.15) is 0 Å². The molecule has 1 aromatic rings. The summed E-state index contributed by atoms with van der Waals surface area (Å²) in [4.78, 5) is 33.3. The van der Waals surface area contributed by atoms with Crippen molar-refractivity contribution in [3.05, 3.63) is 16.1 Å². The van der Waals surface area contributed by atoms with Crippen LogP contribution in [0.4, 0.5) is 4.79 Å². The first-order valence-electron chi connectivity index (χ1n) is 8.91. The van der Waals surface area contributed by atoms with Crippen molar-refractivity contribution >= 4 is 23.3 Å². The van der Waals surface area contributed by atoms with Gasteiger partial charge in [-0.15, -0.1) is 11.3 Å². The Balaban J connectivity index is 1.67. The van der Waals surface area contributed by atoms with Crippen LogP contribution in [0.25, 0.3) is 0 Å². The van der Waals surface area contributed by atoms with E-state index in [0.29, 0.717) is 24.7 Å². The molecule has 0 N–H and O–H groups in total. The molecule has 2 fully saturated rings. The molecule has 2 atom stereocenters. The third kappa shape index (κ3) is 4.14. The number of amides is 2. The van der Waals surface area contributed by atoms with Gasteiger partial charge in [0.25, 0.3) is 5.91 Å². The Kier molecular flexibility index (Phi) is 4.79. The second-order valence-electron chi connectivity index (χ2n) is 8.14. The van der Waals surface area contributed by atoms with E-state index in [1.807, 2.05) is 44.9 Å². The van der Waals surface area contributed by atoms with Gasteiger partial charge < -0.3 is 14.5 Å². The summed E-state index contributed by atoms with van der Waals surface area (Å²) in [5.74, 6) is 0.525. The minimum absolute atomic E-state index is 0.0352. The van der Waals surface area contributed by atoms with Crippen LogP contribution in [0.2, 0.25) is 0 Å². The van der Waals surface area contributed by atoms with Crippen molar-refractivity contribution in [1.29, 1.82) is 0 Å². The van der Waals surface area contributed by atoms with Crippen LogP contribution in [0.3, 0.4) is 0 Å². The van der Waals surface area contributed by atoms with Gasteiger partial charge in [-0.25, -0.2) is 9.78 Å². The van der Waals surface area contributed by atoms with Crippen LogP contribution in [0, 0.1) is 0 Å². The van der Waals surface area contributed by atoms with Crippen molar-refractivity contribution in [3.8, 4) is 0 Å². The average molecular weight is 365 g/mol. The van der Waals surface area contributed by atoms with Crippen LogP contribution in [0.5, 0.6) is 0 Å². The molecule has 0 radical (unpaired) electrons. The number of thiazole rings is 1. The van der Waals surface area contributed by atoms with Crippen molar-refractivity contribution in [3.63, 3.8) is 0 Å². The maximum Gasteiger partial charge on any atom is 0.410 e. The summed E-state index contributed by atoms with van der Waals surface area (Å²) < 4.78 is 5.46. The first-order chi connectivity index (χ1) is 11.7. The van der Waals surface area contributed by atoms with Crippen LogP contribution in [-0.2, 0) is 4.74 Å². The fourth-order valence-electron chi connectivity index (χ4n) is 3.23. The molecule has 0 bridgehead atoms. The van der Waals surface area contributed by atoms with Gasteiger partial charge in [-0.05, 0) is 47.5 Å². The monoisotopic (exact) mass is 365 g/mol. The van der Waals surface area contributed by atoms with E-state index in [2.05, 4.69) is 4.98 Å². The SMILES string of the molecule is C[C@@H]1CN(C(=O)OC(C)(C)C)C[C@H](C)N1C(=O)c1csc(C2CC2)n1. The Hall–Kier alpha value is -1.63. The van der Waals surface area contributed by atoms with Crippen molar-refractivity contribution in [2.24, 2.45) is 0 Å². The number of hydrogen-bond acceptors (Lipinski definition) is 5. The molecule has 1 saturated heterocycles. The van der Waals surface area contributed by atoms with E-state index in [1.165, 1.54) is 12.8 Å². The molecule has 138 valence electrons. The molecule has 1 saturated carbocycles. The zero-order chi connectivity index (χ0) is 18.4. The first-order valence-corrected chi connectivity index (χ1v) is 9.79. The molecule has 2 aliphatic rings. The fraction of sp³-hybridized carbons (Fsp3) is 0.722. The van der Waals surface area contributed by atoms with E-state index < -0.39 is 5.60 Å². The van der Waals surface area contributed by atoms with Crippen LogP contribution >= 0.6 is 11.3 Å². The van der Waals surface area contributed by atoms with E-state index in [1.54, 1.807) is 16.2 Å². The van der Waals surface area contributed by atoms with E-state index in [9.17, 15) is 9.59 Å². The van der Waals surface area contributed by atoms with Gasteiger partial charge in [0, 0.05) is 36.5 Å². The van der Waals surface area contributed by atoms with Gasteiger partial charge in [-0.3, -0.25) is 4.79 Å². The Morgan fingerprint density at radius 3 is 2.32 bits per heavy atom. The van der Waals surface area contributed by atoms with Gasteiger partial charge in [0.1, 0.15) is 11.3 Å². The topological polar surface area (TPSA) is 62.7 Å². The largest absolute Gasteiger partial charge is 0.444 e. The zero-order valence-electron chi connectivity index (χ0n) is 15.6. The van der Waals surface area contributed by atoms with Gasteiger partial charge in [0.2, 0.25) is 0 Å². The summed E-state index contributed by atoms with van der Waals surface area (Å²) in [6.07, 6.45) is 2.05. The van der Waals surface area contributed by atoms with Gasteiger partial charge in [-0.1, -0.05) is 0 Å². The molecule has 1 aliphatic heterocycles. The molecular weight excluding hydrogens is 338 g/mol. The lowest BCUT2D eigenvalue weighted by Gasteiger charge is -2.44. The maximum absolute atomic E-state index is 12.9. The second kappa shape index (κ2) is 6.59. The van der Waals surface area contributed by atoms with Crippen LogP contribution in [-0.4, -0.2) is 57.6 Å². The van der Waals surface area contributed by atoms with Gasteiger partial charge in [0.05, 0.1) is 5.01 Å². The molecule has 7 heteroatoms. The zero-order valence-corrected chi connectivity index (χ0v) is 16.4. The third-order valence-corrected chi connectivity index (χ3v) is 5.48. The maximum atomic E-state index is 12.9. The highest BCUT2D eigenvalue weighted by Crippen LogP contribution is 2.41. The predicted molar refractivity (Wildman–Crippen MR) is 97.0 cm³/mol. The number of aromatic nitrogens is 1. The quantitative estimate of drug-likeness (QED) is 0.805. The summed E-state index contributed by atoms with van der Waals surface area (Å²) in [6, 6.07) is -0.148. The smallest absolute Gasteiger partial charge is 0.410 e. The second-order valence-corrected chi connectivity index (χ2v) is 9.03. The van der Waals surface area contributed by atoms with E-state index in [0.717, 1.165) is 5.01 Å². The molecular formula is C18H27N3O3S. The summed E-state index contributed by atoms with van der Waals surface area (Å²) in [5, 5.41) is 2.95. The Morgan fingerprint density at radius 1 is 1.20 bits per heavy atom. The number of ether oxygens (including phenoxy) is 1. The summed E-state index contributed by atoms with van der Waals surface area (Å²) in [5.41, 5.74) is 0.0207. The minimum atomic E-state index is -0.518. The van der Waals surface area contributed by atoms with Crippen LogP contribution in [0.15, 0.2) is 5.38 Å². The minimum Gasteiger partial charge on any atom is -0.444 e. The number of carbonyl (C=O) groups is 2. The number of hydrogen-bond donors (Lipinski definition) is 0. The number of carbonyl (C=O) groups excluding carboxylic acids is 2. The molecule has 1 aliphatic carbocycles. The molecule has 2 heterocycles. The molecule has 3 rings (SSSR count). The number of piperazine rings is 1. The van der Waals surface area contributed by atoms with Gasteiger partial charge in [0.15, 0.2) is 0 Å². The summed E-state index contributed by atoms with van der Waals surface area (Å²) >= 11 is 1.58. The summed E-state index contributed by atoms with van der Waals surface area (Å²) in [7, 11) is 0. The highest BCUT2D eigenvalue weighted by atomic mass is 32.1. The predicted octanol–water partition coefficient (Wildman–Crippen LogP) is 3.49. The lowest BCUT2D eigenvalue weighted by Crippen LogP contribution is -2.60. The van der Waals surface area contributed by atoms with Crippen molar-refractivity contribution in [2.45, 2.75) is 71.1 Å². The molecule has 0 aromatic carbocycles. The normalized spacial score (nSPS) is 24.4. The molecule has 2 amide bonds. The lowest BCUT2D eigenvalue weighted by molar-refractivity contribution is -0.00501. The third-order valence-electron chi connectivity index (χ3n) is 4.47. The van der Waals surface area contributed by atoms with E-state index in [-0.39, 0.29) is 24.1 Å². The Morgan fingerprint density at radius 2 is 1.80 bits per heavy atom. The molecule has 25 heavy (non-hydrogen) atoms. The fourth-order valence-corrected chi connectivity index (χ4v) is 4.20. The van der Waals surface area contributed by atoms with Crippen molar-refractivity contribution in [2.75, 3.05) is 13.1 Å². The first kappa shape index (κ1) is 18.2. The molecule has 1 aromatic heterocycles. The molecule has 6 nitrogen and oxygen atoms in total. The van der Waals surface area contributed by atoms with Crippen LogP contribution < -0.4 is 0 Å². The summed E-state index contributed by atoms with van der Waals surface area (Å²) in [6.45, 7) is 10.5. The standard InChI is InChI=1S/C18H27N3O3S/c1-11-8-20(17(23)24-18(3,4)5)9-12(2)21(11)16(22)14-10-25-15(19-14)13-6-7-13/h10-13H,6-9H2,1-5H3/t11-,12+. The average Bonchev–Trinajstić information content (AvgIpc) is 3.22. The van der Waals surface area contributed by atoms with Gasteiger partial charge >= 0.3 is 6.09 Å². The van der Waals surface area contributed by atoms with Crippen LogP contribution in [0.1, 0.15) is 68.9 Å². The highest BCUT2D eigenvalue weighted by Gasteiger charge is 2.38. The van der Waals surface area contributed by atoms with Crippen molar-refractivity contribution < 1.29 is 14.3 Å². The Bertz CT molecular complexity index is 651. The van der Waals surface area contributed by atoms with Crippen molar-refractivity contribution in [1.82, 2.24) is 14.8 Å². The van der Waals surface area contributed by atoms with E-state index in [4.69, 9.17) is 4.74 Å². The lowest BCUT2D eigenvalue weighted by atomic mass is 10.1. The van der Waals surface area contributed by atoms with E-state index >= 15 is 0 Å². The number of rotatable bonds is 2. The Labute approximate surface area is 153 Å².